The lowest BCUT2D eigenvalue weighted by Gasteiger charge is -2.12. The number of hydrogen-bond acceptors (Lipinski definition) is 4. The fourth-order valence-electron chi connectivity index (χ4n) is 2.30. The quantitative estimate of drug-likeness (QED) is 0.468. The lowest BCUT2D eigenvalue weighted by atomic mass is 10.2. The van der Waals surface area contributed by atoms with Crippen LogP contribution in [0.5, 0.6) is 5.75 Å². The van der Waals surface area contributed by atoms with Gasteiger partial charge in [0.05, 0.1) is 13.9 Å². The molecule has 28 heavy (non-hydrogen) atoms. The average molecular weight is 589 g/mol. The van der Waals surface area contributed by atoms with Crippen LogP contribution in [0.15, 0.2) is 59.7 Å². The first kappa shape index (κ1) is 21.3. The highest BCUT2D eigenvalue weighted by molar-refractivity contribution is 9.11. The number of amides is 2. The van der Waals surface area contributed by atoms with Crippen molar-refractivity contribution in [3.05, 3.63) is 65.8 Å². The van der Waals surface area contributed by atoms with Crippen molar-refractivity contribution in [2.75, 3.05) is 0 Å². The third-order valence-corrected chi connectivity index (χ3v) is 6.12. The molecule has 1 aliphatic heterocycles. The van der Waals surface area contributed by atoms with E-state index < -0.39 is 0 Å². The Morgan fingerprint density at radius 2 is 1.82 bits per heavy atom. The van der Waals surface area contributed by atoms with E-state index >= 15 is 0 Å². The van der Waals surface area contributed by atoms with Gasteiger partial charge in [-0.25, -0.2) is 0 Å². The Morgan fingerprint density at radius 3 is 2.43 bits per heavy atom. The number of carbonyl (C=O) groups excluding carboxylic acids is 2. The third kappa shape index (κ3) is 5.56. The van der Waals surface area contributed by atoms with Gasteiger partial charge < -0.3 is 10.1 Å². The van der Waals surface area contributed by atoms with Crippen LogP contribution in [0.3, 0.4) is 0 Å². The Hall–Kier alpha value is -1.42. The normalized spacial score (nSPS) is 14.9. The van der Waals surface area contributed by atoms with Gasteiger partial charge in [-0.2, -0.15) is 4.99 Å². The summed E-state index contributed by atoms with van der Waals surface area (Å²) in [6.07, 6.45) is 1.72. The van der Waals surface area contributed by atoms with E-state index in [9.17, 15) is 9.59 Å². The highest BCUT2D eigenvalue weighted by atomic mass is 79.9. The van der Waals surface area contributed by atoms with E-state index in [0.717, 1.165) is 36.3 Å². The van der Waals surface area contributed by atoms with Crippen LogP contribution in [-0.4, -0.2) is 17.0 Å². The van der Waals surface area contributed by atoms with Crippen LogP contribution in [-0.2, 0) is 16.2 Å². The van der Waals surface area contributed by atoms with Crippen LogP contribution in [0.2, 0.25) is 0 Å². The number of nitrogens with zero attached hydrogens (tertiary/aromatic N) is 1. The van der Waals surface area contributed by atoms with Crippen molar-refractivity contribution in [1.82, 2.24) is 5.32 Å². The van der Waals surface area contributed by atoms with E-state index in [1.54, 1.807) is 6.08 Å². The van der Waals surface area contributed by atoms with Crippen molar-refractivity contribution >= 4 is 82.6 Å². The number of carbonyl (C=O) groups is 2. The topological polar surface area (TPSA) is 67.8 Å². The van der Waals surface area contributed by atoms with Crippen LogP contribution in [0.1, 0.15) is 18.1 Å². The molecule has 9 heteroatoms. The summed E-state index contributed by atoms with van der Waals surface area (Å²) >= 11 is 11.6. The minimum absolute atomic E-state index is 0.266. The maximum atomic E-state index is 12.0. The zero-order valence-electron chi connectivity index (χ0n) is 14.5. The number of halogens is 3. The molecule has 1 heterocycles. The van der Waals surface area contributed by atoms with E-state index in [-0.39, 0.29) is 17.0 Å². The van der Waals surface area contributed by atoms with E-state index in [1.807, 2.05) is 36.4 Å². The standard InChI is InChI=1S/C19H13Br3N2O3S/c1-10(25)23-19-24-18(26)16(28-19)8-12-6-14(21)17(15(22)7-12)27-9-11-2-4-13(20)5-3-11/h2-8H,9H2,1H3,(H,23,24,25,26)/b16-8+. The molecule has 0 unspecified atom stereocenters. The van der Waals surface area contributed by atoms with Gasteiger partial charge in [-0.1, -0.05) is 28.1 Å². The van der Waals surface area contributed by atoms with E-state index in [4.69, 9.17) is 4.74 Å². The molecule has 0 atom stereocenters. The Balaban J connectivity index is 1.74. The van der Waals surface area contributed by atoms with Crippen molar-refractivity contribution in [3.63, 3.8) is 0 Å². The van der Waals surface area contributed by atoms with Gasteiger partial charge in [-0.05, 0) is 85.1 Å². The predicted molar refractivity (Wildman–Crippen MR) is 122 cm³/mol. The highest BCUT2D eigenvalue weighted by Gasteiger charge is 2.22. The first-order chi connectivity index (χ1) is 13.3. The molecule has 2 amide bonds. The molecule has 0 aliphatic carbocycles. The summed E-state index contributed by atoms with van der Waals surface area (Å²) in [7, 11) is 0. The number of rotatable bonds is 4. The monoisotopic (exact) mass is 586 g/mol. The lowest BCUT2D eigenvalue weighted by Crippen LogP contribution is -2.23. The smallest absolute Gasteiger partial charge is 0.286 e. The predicted octanol–water partition coefficient (Wildman–Crippen LogP) is 5.66. The van der Waals surface area contributed by atoms with Gasteiger partial charge in [0.1, 0.15) is 12.4 Å². The molecule has 5 nitrogen and oxygen atoms in total. The molecule has 144 valence electrons. The van der Waals surface area contributed by atoms with E-state index in [2.05, 4.69) is 58.1 Å². The molecule has 0 saturated carbocycles. The van der Waals surface area contributed by atoms with Crippen molar-refractivity contribution in [3.8, 4) is 5.75 Å². The maximum Gasteiger partial charge on any atom is 0.286 e. The van der Waals surface area contributed by atoms with Crippen LogP contribution in [0, 0.1) is 0 Å². The lowest BCUT2D eigenvalue weighted by molar-refractivity contribution is -0.117. The summed E-state index contributed by atoms with van der Waals surface area (Å²) in [5.74, 6) is 0.0280. The molecule has 0 bridgehead atoms. The molecule has 0 spiro atoms. The molecular weight excluding hydrogens is 576 g/mol. The average Bonchev–Trinajstić information content (AvgIpc) is 2.94. The second kappa shape index (κ2) is 9.39. The van der Waals surface area contributed by atoms with Gasteiger partial charge >= 0.3 is 0 Å². The fourth-order valence-corrected chi connectivity index (χ4v) is 4.88. The van der Waals surface area contributed by atoms with Crippen molar-refractivity contribution in [2.24, 2.45) is 4.99 Å². The van der Waals surface area contributed by atoms with Crippen LogP contribution >= 0.6 is 59.6 Å². The third-order valence-electron chi connectivity index (χ3n) is 3.52. The number of aliphatic imine (C=N–C) groups is 1. The molecular formula is C19H13Br3N2O3S. The fraction of sp³-hybridized carbons (Fsp3) is 0.105. The van der Waals surface area contributed by atoms with Crippen LogP contribution in [0.25, 0.3) is 6.08 Å². The van der Waals surface area contributed by atoms with Gasteiger partial charge in [-0.15, -0.1) is 0 Å². The van der Waals surface area contributed by atoms with Gasteiger partial charge in [0, 0.05) is 11.4 Å². The second-order valence-corrected chi connectivity index (χ2v) is 9.40. The summed E-state index contributed by atoms with van der Waals surface area (Å²) in [4.78, 5) is 27.4. The number of ether oxygens (including phenoxy) is 1. The number of hydrogen-bond donors (Lipinski definition) is 1. The van der Waals surface area contributed by atoms with Gasteiger partial charge in [0.25, 0.3) is 5.91 Å². The molecule has 1 N–H and O–H groups in total. The Bertz CT molecular complexity index is 981. The zero-order chi connectivity index (χ0) is 20.3. The summed E-state index contributed by atoms with van der Waals surface area (Å²) in [5, 5.41) is 2.81. The van der Waals surface area contributed by atoms with Crippen LogP contribution in [0.4, 0.5) is 0 Å². The first-order valence-electron chi connectivity index (χ1n) is 7.98. The summed E-state index contributed by atoms with van der Waals surface area (Å²) in [6.45, 7) is 1.80. The highest BCUT2D eigenvalue weighted by Crippen LogP contribution is 2.37. The maximum absolute atomic E-state index is 12.0. The van der Waals surface area contributed by atoms with Crippen molar-refractivity contribution in [1.29, 1.82) is 0 Å². The van der Waals surface area contributed by atoms with E-state index in [1.165, 1.54) is 6.92 Å². The SMILES string of the molecule is CC(=O)NC1=NC(=O)/C(=C\c2cc(Br)c(OCc3ccc(Br)cc3)c(Br)c2)S1. The number of thioether (sulfide) groups is 1. The van der Waals surface area contributed by atoms with Gasteiger partial charge in [0.15, 0.2) is 5.17 Å². The molecule has 1 aliphatic rings. The molecule has 0 saturated heterocycles. The van der Waals surface area contributed by atoms with Crippen LogP contribution < -0.4 is 10.1 Å². The minimum atomic E-state index is -0.378. The molecule has 2 aromatic carbocycles. The molecule has 0 radical (unpaired) electrons. The number of nitrogens with one attached hydrogen (secondary N) is 1. The number of benzene rings is 2. The summed E-state index contributed by atoms with van der Waals surface area (Å²) < 4.78 is 8.45. The molecule has 0 fully saturated rings. The summed E-state index contributed by atoms with van der Waals surface area (Å²) in [5.41, 5.74) is 1.84. The zero-order valence-corrected chi connectivity index (χ0v) is 20.0. The second-order valence-electron chi connectivity index (χ2n) is 5.74. The molecule has 2 aromatic rings. The van der Waals surface area contributed by atoms with Gasteiger partial charge in [-0.3, -0.25) is 9.59 Å². The first-order valence-corrected chi connectivity index (χ1v) is 11.2. The van der Waals surface area contributed by atoms with Gasteiger partial charge in [0.2, 0.25) is 5.91 Å². The Labute approximate surface area is 191 Å². The number of amidine groups is 1. The molecule has 3 rings (SSSR count). The molecule has 0 aromatic heterocycles. The summed E-state index contributed by atoms with van der Waals surface area (Å²) in [6, 6.07) is 11.6. The largest absolute Gasteiger partial charge is 0.487 e. The minimum Gasteiger partial charge on any atom is -0.487 e. The Morgan fingerprint density at radius 1 is 1.18 bits per heavy atom. The van der Waals surface area contributed by atoms with E-state index in [0.29, 0.717) is 17.3 Å². The van der Waals surface area contributed by atoms with Crippen molar-refractivity contribution in [2.45, 2.75) is 13.5 Å². The van der Waals surface area contributed by atoms with Crippen molar-refractivity contribution < 1.29 is 14.3 Å². The Kier molecular flexibility index (Phi) is 7.14.